The first kappa shape index (κ1) is 13.9. The van der Waals surface area contributed by atoms with E-state index in [1.807, 2.05) is 6.08 Å². The third-order valence-corrected chi connectivity index (χ3v) is 4.92. The maximum absolute atomic E-state index is 4.68. The number of allylic oxidation sites excluding steroid dienone is 3. The second-order valence-corrected chi connectivity index (χ2v) is 5.89. The van der Waals surface area contributed by atoms with Crippen LogP contribution in [0, 0.1) is 11.8 Å². The van der Waals surface area contributed by atoms with Crippen LogP contribution in [-0.2, 0) is 0 Å². The fourth-order valence-electron chi connectivity index (χ4n) is 2.70. The van der Waals surface area contributed by atoms with Gasteiger partial charge in [-0.15, -0.1) is 6.58 Å². The standard InChI is InChI=1S/C15H26S/c1-5-8-15(16)13(4)11(2)12(3)14-9-6-7-10-14/h5,13-16H,1,6-10H2,2-4H3/b12-11-. The summed E-state index contributed by atoms with van der Waals surface area (Å²) >= 11 is 4.68. The van der Waals surface area contributed by atoms with Gasteiger partial charge in [-0.05, 0) is 44.9 Å². The van der Waals surface area contributed by atoms with Crippen molar-refractivity contribution in [1.82, 2.24) is 0 Å². The van der Waals surface area contributed by atoms with Gasteiger partial charge in [0.05, 0.1) is 0 Å². The van der Waals surface area contributed by atoms with Gasteiger partial charge >= 0.3 is 0 Å². The summed E-state index contributed by atoms with van der Waals surface area (Å²) in [5.41, 5.74) is 3.20. The monoisotopic (exact) mass is 238 g/mol. The molecule has 1 aliphatic carbocycles. The fourth-order valence-corrected chi connectivity index (χ4v) is 3.08. The van der Waals surface area contributed by atoms with Gasteiger partial charge in [0, 0.05) is 5.25 Å². The van der Waals surface area contributed by atoms with Gasteiger partial charge in [-0.2, -0.15) is 12.6 Å². The van der Waals surface area contributed by atoms with Crippen molar-refractivity contribution in [2.45, 2.75) is 58.1 Å². The molecule has 0 aromatic heterocycles. The molecule has 1 rings (SSSR count). The first-order valence-corrected chi connectivity index (χ1v) is 7.05. The van der Waals surface area contributed by atoms with Gasteiger partial charge in [0.15, 0.2) is 0 Å². The molecule has 92 valence electrons. The molecular weight excluding hydrogens is 212 g/mol. The van der Waals surface area contributed by atoms with Crippen LogP contribution in [0.5, 0.6) is 0 Å². The first-order chi connectivity index (χ1) is 7.57. The Hall–Kier alpha value is -0.170. The minimum absolute atomic E-state index is 0.425. The number of hydrogen-bond acceptors (Lipinski definition) is 1. The highest BCUT2D eigenvalue weighted by Gasteiger charge is 2.21. The highest BCUT2D eigenvalue weighted by atomic mass is 32.1. The Morgan fingerprint density at radius 3 is 2.44 bits per heavy atom. The van der Waals surface area contributed by atoms with E-state index in [0.717, 1.165) is 12.3 Å². The molecule has 1 saturated carbocycles. The molecule has 1 heteroatoms. The van der Waals surface area contributed by atoms with Crippen LogP contribution in [0.15, 0.2) is 23.8 Å². The van der Waals surface area contributed by atoms with E-state index in [2.05, 4.69) is 40.0 Å². The molecule has 0 nitrogen and oxygen atoms in total. The summed E-state index contributed by atoms with van der Waals surface area (Å²) in [4.78, 5) is 0. The summed E-state index contributed by atoms with van der Waals surface area (Å²) < 4.78 is 0. The van der Waals surface area contributed by atoms with Crippen LogP contribution in [0.3, 0.4) is 0 Å². The van der Waals surface area contributed by atoms with Gasteiger partial charge in [0.25, 0.3) is 0 Å². The largest absolute Gasteiger partial charge is 0.175 e. The highest BCUT2D eigenvalue weighted by molar-refractivity contribution is 7.81. The minimum atomic E-state index is 0.425. The SMILES string of the molecule is C=CCC(S)C(C)/C(C)=C(/C)C1CCCC1. The van der Waals surface area contributed by atoms with Gasteiger partial charge in [-0.1, -0.05) is 37.0 Å². The average molecular weight is 238 g/mol. The fraction of sp³-hybridized carbons (Fsp3) is 0.733. The van der Waals surface area contributed by atoms with Crippen molar-refractivity contribution in [3.63, 3.8) is 0 Å². The zero-order chi connectivity index (χ0) is 12.1. The van der Waals surface area contributed by atoms with Gasteiger partial charge in [-0.25, -0.2) is 0 Å². The molecule has 2 unspecified atom stereocenters. The molecule has 2 atom stereocenters. The molecule has 0 spiro atoms. The summed E-state index contributed by atoms with van der Waals surface area (Å²) in [6.07, 6.45) is 8.61. The van der Waals surface area contributed by atoms with E-state index < -0.39 is 0 Å². The number of thiol groups is 1. The van der Waals surface area contributed by atoms with Crippen LogP contribution in [0.2, 0.25) is 0 Å². The zero-order valence-corrected chi connectivity index (χ0v) is 11.9. The van der Waals surface area contributed by atoms with E-state index in [1.165, 1.54) is 25.7 Å². The molecule has 0 aliphatic heterocycles. The Labute approximate surface area is 107 Å². The lowest BCUT2D eigenvalue weighted by atomic mass is 9.87. The molecule has 0 aromatic rings. The second kappa shape index (κ2) is 6.54. The van der Waals surface area contributed by atoms with Crippen LogP contribution in [0.1, 0.15) is 52.9 Å². The van der Waals surface area contributed by atoms with E-state index >= 15 is 0 Å². The lowest BCUT2D eigenvalue weighted by molar-refractivity contribution is 0.585. The van der Waals surface area contributed by atoms with E-state index in [0.29, 0.717) is 11.2 Å². The maximum Gasteiger partial charge on any atom is 0.0114 e. The normalized spacial score (nSPS) is 22.8. The minimum Gasteiger partial charge on any atom is -0.175 e. The summed E-state index contributed by atoms with van der Waals surface area (Å²) in [6, 6.07) is 0. The maximum atomic E-state index is 4.68. The molecule has 0 heterocycles. The van der Waals surface area contributed by atoms with E-state index in [9.17, 15) is 0 Å². The second-order valence-electron chi connectivity index (χ2n) is 5.23. The molecule has 1 aliphatic rings. The zero-order valence-electron chi connectivity index (χ0n) is 11.0. The van der Waals surface area contributed by atoms with Crippen molar-refractivity contribution in [3.8, 4) is 0 Å². The van der Waals surface area contributed by atoms with Crippen molar-refractivity contribution in [3.05, 3.63) is 23.8 Å². The summed E-state index contributed by atoms with van der Waals surface area (Å²) in [6.45, 7) is 10.7. The molecule has 0 amide bonds. The lowest BCUT2D eigenvalue weighted by Crippen LogP contribution is -2.14. The summed E-state index contributed by atoms with van der Waals surface area (Å²) in [5, 5.41) is 0.425. The molecular formula is C15H26S. The third kappa shape index (κ3) is 3.41. The predicted molar refractivity (Wildman–Crippen MR) is 77.1 cm³/mol. The van der Waals surface area contributed by atoms with E-state index in [1.54, 1.807) is 11.1 Å². The average Bonchev–Trinajstić information content (AvgIpc) is 2.79. The van der Waals surface area contributed by atoms with Crippen LogP contribution in [-0.4, -0.2) is 5.25 Å². The van der Waals surface area contributed by atoms with E-state index in [4.69, 9.17) is 0 Å². The molecule has 16 heavy (non-hydrogen) atoms. The van der Waals surface area contributed by atoms with Crippen molar-refractivity contribution in [2.24, 2.45) is 11.8 Å². The molecule has 0 saturated heterocycles. The Balaban J connectivity index is 2.68. The number of rotatable bonds is 5. The van der Waals surface area contributed by atoms with Gasteiger partial charge < -0.3 is 0 Å². The topological polar surface area (TPSA) is 0 Å². The van der Waals surface area contributed by atoms with E-state index in [-0.39, 0.29) is 0 Å². The van der Waals surface area contributed by atoms with Crippen molar-refractivity contribution in [1.29, 1.82) is 0 Å². The van der Waals surface area contributed by atoms with Crippen LogP contribution >= 0.6 is 12.6 Å². The van der Waals surface area contributed by atoms with Crippen molar-refractivity contribution >= 4 is 12.6 Å². The van der Waals surface area contributed by atoms with Crippen molar-refractivity contribution in [2.75, 3.05) is 0 Å². The van der Waals surface area contributed by atoms with Crippen molar-refractivity contribution < 1.29 is 0 Å². The van der Waals surface area contributed by atoms with Crippen LogP contribution in [0.25, 0.3) is 0 Å². The van der Waals surface area contributed by atoms with Crippen LogP contribution < -0.4 is 0 Å². The summed E-state index contributed by atoms with van der Waals surface area (Å²) in [7, 11) is 0. The smallest absolute Gasteiger partial charge is 0.0114 e. The first-order valence-electron chi connectivity index (χ1n) is 6.54. The quantitative estimate of drug-likeness (QED) is 0.504. The van der Waals surface area contributed by atoms with Gasteiger partial charge in [0.1, 0.15) is 0 Å². The van der Waals surface area contributed by atoms with Crippen LogP contribution in [0.4, 0.5) is 0 Å². The Kier molecular flexibility index (Phi) is 5.68. The van der Waals surface area contributed by atoms with Gasteiger partial charge in [-0.3, -0.25) is 0 Å². The molecule has 0 bridgehead atoms. The summed E-state index contributed by atoms with van der Waals surface area (Å²) in [5.74, 6) is 1.42. The molecule has 0 N–H and O–H groups in total. The molecule has 0 radical (unpaired) electrons. The Morgan fingerprint density at radius 1 is 1.38 bits per heavy atom. The van der Waals surface area contributed by atoms with Gasteiger partial charge in [0.2, 0.25) is 0 Å². The molecule has 0 aromatic carbocycles. The molecule has 1 fully saturated rings. The number of hydrogen-bond donors (Lipinski definition) is 1. The Bertz CT molecular complexity index is 259. The predicted octanol–water partition coefficient (Wildman–Crippen LogP) is 5.02. The third-order valence-electron chi connectivity index (χ3n) is 4.26. The highest BCUT2D eigenvalue weighted by Crippen LogP contribution is 2.35. The Morgan fingerprint density at radius 2 is 1.94 bits per heavy atom. The lowest BCUT2D eigenvalue weighted by Gasteiger charge is -2.23.